The summed E-state index contributed by atoms with van der Waals surface area (Å²) < 4.78 is 23.4. The highest BCUT2D eigenvalue weighted by molar-refractivity contribution is 7.45. The Morgan fingerprint density at radius 3 is 1.24 bits per heavy atom. The van der Waals surface area contributed by atoms with Gasteiger partial charge < -0.3 is 28.8 Å². The van der Waals surface area contributed by atoms with Gasteiger partial charge in [0, 0.05) is 6.42 Å². The fourth-order valence-corrected chi connectivity index (χ4v) is 9.73. The van der Waals surface area contributed by atoms with Crippen LogP contribution >= 0.6 is 7.82 Å². The Bertz CT molecular complexity index is 1360. The number of amides is 1. The average Bonchev–Trinajstić information content (AvgIpc) is 3.34. The third-order valence-corrected chi connectivity index (χ3v) is 14.7. The third-order valence-electron chi connectivity index (χ3n) is 13.8. The van der Waals surface area contributed by atoms with Gasteiger partial charge in [0.25, 0.3) is 7.82 Å². The summed E-state index contributed by atoms with van der Waals surface area (Å²) in [5.41, 5.74) is 0. The summed E-state index contributed by atoms with van der Waals surface area (Å²) in [7, 11) is 1.31. The van der Waals surface area contributed by atoms with E-state index in [9.17, 15) is 19.4 Å². The first kappa shape index (κ1) is 70.2. The first-order chi connectivity index (χ1) is 35.0. The van der Waals surface area contributed by atoms with E-state index in [4.69, 9.17) is 9.05 Å². The first-order valence-electron chi connectivity index (χ1n) is 30.6. The van der Waals surface area contributed by atoms with Crippen molar-refractivity contribution >= 4 is 13.7 Å². The number of nitrogens with zero attached hydrogens (tertiary/aromatic N) is 1. The number of carbonyl (C=O) groups is 1. The minimum absolute atomic E-state index is 0.0130. The molecule has 0 spiro atoms. The van der Waals surface area contributed by atoms with Crippen molar-refractivity contribution in [3.63, 3.8) is 0 Å². The van der Waals surface area contributed by atoms with Gasteiger partial charge in [0.1, 0.15) is 13.2 Å². The number of rotatable bonds is 56. The maximum atomic E-state index is 13.0. The minimum atomic E-state index is -4.57. The Balaban J connectivity index is 3.91. The molecule has 0 radical (unpaired) electrons. The molecule has 0 aliphatic rings. The quantitative estimate of drug-likeness (QED) is 0.0272. The lowest BCUT2D eigenvalue weighted by Gasteiger charge is -2.30. The summed E-state index contributed by atoms with van der Waals surface area (Å²) in [6, 6.07) is -0.799. The molecule has 422 valence electrons. The molecular formula is C63H119N2O6P. The smallest absolute Gasteiger partial charge is 0.268 e. The molecule has 72 heavy (non-hydrogen) atoms. The van der Waals surface area contributed by atoms with Gasteiger partial charge in [0.2, 0.25) is 5.91 Å². The van der Waals surface area contributed by atoms with E-state index in [0.29, 0.717) is 23.9 Å². The fraction of sp³-hybridized carbons (Fsp3) is 0.825. The molecule has 0 saturated heterocycles. The molecule has 2 N–H and O–H groups in total. The Labute approximate surface area is 447 Å². The highest BCUT2D eigenvalue weighted by atomic mass is 31.2. The van der Waals surface area contributed by atoms with Crippen LogP contribution in [0.3, 0.4) is 0 Å². The number of allylic oxidation sites excluding steroid dienone is 10. The number of hydrogen-bond acceptors (Lipinski definition) is 6. The van der Waals surface area contributed by atoms with Gasteiger partial charge in [-0.1, -0.05) is 280 Å². The zero-order valence-corrected chi connectivity index (χ0v) is 49.0. The van der Waals surface area contributed by atoms with Crippen LogP contribution in [0.2, 0.25) is 0 Å². The number of phosphoric ester groups is 1. The van der Waals surface area contributed by atoms with Crippen molar-refractivity contribution in [2.75, 3.05) is 40.9 Å². The van der Waals surface area contributed by atoms with Crippen LogP contribution in [0.5, 0.6) is 0 Å². The van der Waals surface area contributed by atoms with Gasteiger partial charge in [-0.05, 0) is 57.8 Å². The second-order valence-corrected chi connectivity index (χ2v) is 23.4. The lowest BCUT2D eigenvalue weighted by atomic mass is 10.0. The van der Waals surface area contributed by atoms with E-state index in [1.165, 1.54) is 186 Å². The lowest BCUT2D eigenvalue weighted by Crippen LogP contribution is -2.46. The van der Waals surface area contributed by atoms with Gasteiger partial charge in [-0.25, -0.2) is 0 Å². The van der Waals surface area contributed by atoms with Gasteiger partial charge in [-0.3, -0.25) is 9.36 Å². The number of carbonyl (C=O) groups excluding carboxylic acids is 1. The van der Waals surface area contributed by atoms with Crippen molar-refractivity contribution in [3.05, 3.63) is 60.8 Å². The first-order valence-corrected chi connectivity index (χ1v) is 32.1. The van der Waals surface area contributed by atoms with Crippen LogP contribution in [0.4, 0.5) is 0 Å². The zero-order chi connectivity index (χ0) is 52.7. The van der Waals surface area contributed by atoms with Crippen molar-refractivity contribution < 1.29 is 32.9 Å². The van der Waals surface area contributed by atoms with Crippen molar-refractivity contribution in [2.24, 2.45) is 0 Å². The molecule has 0 aliphatic carbocycles. The number of hydrogen-bond donors (Lipinski definition) is 2. The second kappa shape index (κ2) is 54.0. The van der Waals surface area contributed by atoms with Crippen LogP contribution in [0.1, 0.15) is 284 Å². The Morgan fingerprint density at radius 2 is 0.847 bits per heavy atom. The van der Waals surface area contributed by atoms with Crippen LogP contribution in [-0.4, -0.2) is 68.5 Å². The molecule has 0 fully saturated rings. The standard InChI is InChI=1S/C63H119N2O6P/c1-6-8-10-12-14-16-18-20-21-22-23-24-25-26-27-28-29-30-31-32-33-34-35-36-37-38-39-40-41-42-43-45-47-49-51-53-55-57-63(67)64-61(60-71-72(68,69)70-59-58-65(3,4)5)62(66)56-54-52-50-48-46-44-19-17-15-13-11-9-7-2/h8,10,14,16,20-21,23-24,26-27,61-62,66H,6-7,9,11-13,15,17-19,22,25,28-60H2,1-5H3,(H-,64,67,68,69)/b10-8-,16-14-,21-20-,24-23-,27-26-. The van der Waals surface area contributed by atoms with Crippen molar-refractivity contribution in [3.8, 4) is 0 Å². The van der Waals surface area contributed by atoms with E-state index in [1.54, 1.807) is 0 Å². The SMILES string of the molecule is CC/C=C\C/C=C\C/C=C\C/C=C\C/C=C\CCCCCCCCCCCCCCCCCCCCCCCC(=O)NC(COP(=O)([O-])OCC[N+](C)(C)C)C(O)CCCCCCCCCCCCCCC. The van der Waals surface area contributed by atoms with Crippen LogP contribution in [-0.2, 0) is 18.4 Å². The van der Waals surface area contributed by atoms with Crippen molar-refractivity contribution in [2.45, 2.75) is 296 Å². The van der Waals surface area contributed by atoms with Gasteiger partial charge in [-0.15, -0.1) is 0 Å². The van der Waals surface area contributed by atoms with E-state index in [2.05, 4.69) is 79.9 Å². The second-order valence-electron chi connectivity index (χ2n) is 22.0. The number of unbranched alkanes of at least 4 members (excludes halogenated alkanes) is 33. The summed E-state index contributed by atoms with van der Waals surface area (Å²) in [6.07, 6.45) is 72.8. The lowest BCUT2D eigenvalue weighted by molar-refractivity contribution is -0.870. The third kappa shape index (κ3) is 55.9. The van der Waals surface area contributed by atoms with Crippen LogP contribution in [0, 0.1) is 0 Å². The number of aliphatic hydroxyl groups is 1. The summed E-state index contributed by atoms with van der Waals surface area (Å²) in [5, 5.41) is 14.0. The number of likely N-dealkylation sites (N-methyl/N-ethyl adjacent to an activating group) is 1. The van der Waals surface area contributed by atoms with Crippen molar-refractivity contribution in [1.29, 1.82) is 0 Å². The molecular weight excluding hydrogens is 912 g/mol. The highest BCUT2D eigenvalue weighted by Gasteiger charge is 2.24. The molecule has 0 rings (SSSR count). The van der Waals surface area contributed by atoms with Crippen LogP contribution in [0.25, 0.3) is 0 Å². The van der Waals surface area contributed by atoms with Gasteiger partial charge >= 0.3 is 0 Å². The molecule has 1 amide bonds. The molecule has 0 aliphatic heterocycles. The molecule has 9 heteroatoms. The van der Waals surface area contributed by atoms with E-state index < -0.39 is 20.0 Å². The minimum Gasteiger partial charge on any atom is -0.756 e. The molecule has 0 heterocycles. The van der Waals surface area contributed by atoms with Gasteiger partial charge in [-0.2, -0.15) is 0 Å². The molecule has 0 bridgehead atoms. The van der Waals surface area contributed by atoms with Crippen LogP contribution < -0.4 is 10.2 Å². The van der Waals surface area contributed by atoms with E-state index in [-0.39, 0.29) is 19.1 Å². The number of nitrogens with one attached hydrogen (secondary N) is 1. The maximum absolute atomic E-state index is 13.0. The number of phosphoric acid groups is 1. The van der Waals surface area contributed by atoms with Gasteiger partial charge in [0.15, 0.2) is 0 Å². The molecule has 0 aromatic rings. The summed E-state index contributed by atoms with van der Waals surface area (Å²) in [5.74, 6) is -0.162. The normalized spacial score (nSPS) is 14.3. The molecule has 3 atom stereocenters. The predicted octanol–water partition coefficient (Wildman–Crippen LogP) is 18.2. The molecule has 0 saturated carbocycles. The fourth-order valence-electron chi connectivity index (χ4n) is 9.01. The largest absolute Gasteiger partial charge is 0.756 e. The van der Waals surface area contributed by atoms with Crippen molar-refractivity contribution in [1.82, 2.24) is 5.32 Å². The monoisotopic (exact) mass is 1030 g/mol. The molecule has 0 aromatic carbocycles. The Kier molecular flexibility index (Phi) is 52.7. The van der Waals surface area contributed by atoms with E-state index >= 15 is 0 Å². The summed E-state index contributed by atoms with van der Waals surface area (Å²) >= 11 is 0. The number of quaternary nitrogens is 1. The number of aliphatic hydroxyl groups excluding tert-OH is 1. The summed E-state index contributed by atoms with van der Waals surface area (Å²) in [6.45, 7) is 4.62. The Hall–Kier alpha value is -1.80. The topological polar surface area (TPSA) is 108 Å². The molecule has 0 aromatic heterocycles. The van der Waals surface area contributed by atoms with Crippen LogP contribution in [0.15, 0.2) is 60.8 Å². The van der Waals surface area contributed by atoms with Gasteiger partial charge in [0.05, 0.1) is 39.9 Å². The van der Waals surface area contributed by atoms with E-state index in [0.717, 1.165) is 70.6 Å². The Morgan fingerprint density at radius 1 is 0.500 bits per heavy atom. The summed E-state index contributed by atoms with van der Waals surface area (Å²) in [4.78, 5) is 25.5. The molecule has 8 nitrogen and oxygen atoms in total. The highest BCUT2D eigenvalue weighted by Crippen LogP contribution is 2.38. The zero-order valence-electron chi connectivity index (χ0n) is 48.1. The maximum Gasteiger partial charge on any atom is 0.268 e. The molecule has 3 unspecified atom stereocenters. The predicted molar refractivity (Wildman–Crippen MR) is 311 cm³/mol. The van der Waals surface area contributed by atoms with E-state index in [1.807, 2.05) is 21.1 Å². The average molecular weight is 1030 g/mol.